The van der Waals surface area contributed by atoms with E-state index >= 15 is 0 Å². The molecule has 0 fully saturated rings. The van der Waals surface area contributed by atoms with E-state index in [0.29, 0.717) is 0 Å². The van der Waals surface area contributed by atoms with Gasteiger partial charge in [0.15, 0.2) is 0 Å². The van der Waals surface area contributed by atoms with Crippen molar-refractivity contribution in [3.8, 4) is 0 Å². The minimum Gasteiger partial charge on any atom is -0.126 e. The molecule has 0 aliphatic heterocycles. The molecule has 0 aromatic heterocycles. The fourth-order valence-corrected chi connectivity index (χ4v) is 9.09. The zero-order valence-electron chi connectivity index (χ0n) is 10.7. The smallest absolute Gasteiger partial charge is 0.126 e. The lowest BCUT2D eigenvalue weighted by molar-refractivity contribution is 0.582. The molecule has 0 aliphatic carbocycles. The summed E-state index contributed by atoms with van der Waals surface area (Å²) in [5.41, 5.74) is 0.940. The Morgan fingerprint density at radius 1 is 0.778 bits per heavy atom. The van der Waals surface area contributed by atoms with Crippen molar-refractivity contribution in [1.82, 2.24) is 0 Å². The van der Waals surface area contributed by atoms with Crippen molar-refractivity contribution in [2.24, 2.45) is 0 Å². The highest BCUT2D eigenvalue weighted by atomic mass is 35.8. The molecule has 0 unspecified atom stereocenters. The van der Waals surface area contributed by atoms with Crippen LogP contribution in [0.3, 0.4) is 0 Å². The standard InChI is InChI=1S/C11H23Cl5Si2/c12-11(13)8-6-4-2-1-3-5-7-9-17-10-18(14,15)16/h11H,1-10,17H2. The van der Waals surface area contributed by atoms with Crippen LogP contribution < -0.4 is 0 Å². The van der Waals surface area contributed by atoms with Crippen LogP contribution >= 0.6 is 56.4 Å². The van der Waals surface area contributed by atoms with Gasteiger partial charge in [0, 0.05) is 9.52 Å². The molecular weight excluding hydrogens is 366 g/mol. The van der Waals surface area contributed by atoms with Gasteiger partial charge in [-0.3, -0.25) is 0 Å². The quantitative estimate of drug-likeness (QED) is 0.164. The minimum atomic E-state index is -2.30. The van der Waals surface area contributed by atoms with Crippen LogP contribution in [0, 0.1) is 0 Å². The predicted octanol–water partition coefficient (Wildman–Crippen LogP) is 6.11. The molecule has 0 amide bonds. The van der Waals surface area contributed by atoms with Gasteiger partial charge in [-0.15, -0.1) is 56.4 Å². The molecule has 0 atom stereocenters. The Morgan fingerprint density at radius 2 is 1.28 bits per heavy atom. The van der Waals surface area contributed by atoms with Crippen LogP contribution in [0.1, 0.15) is 51.4 Å². The number of alkyl halides is 2. The molecule has 0 heterocycles. The Hall–Kier alpha value is 1.88. The summed E-state index contributed by atoms with van der Waals surface area (Å²) in [6.07, 6.45) is 9.96. The van der Waals surface area contributed by atoms with Crippen molar-refractivity contribution >= 4 is 72.0 Å². The van der Waals surface area contributed by atoms with Crippen LogP contribution in [0.15, 0.2) is 0 Å². The highest BCUT2D eigenvalue weighted by molar-refractivity contribution is 7.65. The molecule has 0 spiro atoms. The number of hydrogen-bond acceptors (Lipinski definition) is 0. The van der Waals surface area contributed by atoms with E-state index in [1.807, 2.05) is 0 Å². The Morgan fingerprint density at radius 3 is 1.78 bits per heavy atom. The Kier molecular flexibility index (Phi) is 13.9. The van der Waals surface area contributed by atoms with Gasteiger partial charge in [0.05, 0.1) is 0 Å². The van der Waals surface area contributed by atoms with Crippen molar-refractivity contribution in [3.63, 3.8) is 0 Å². The molecule has 0 saturated heterocycles. The van der Waals surface area contributed by atoms with E-state index in [0.717, 1.165) is 18.5 Å². The van der Waals surface area contributed by atoms with Gasteiger partial charge in [-0.1, -0.05) is 51.0 Å². The van der Waals surface area contributed by atoms with Crippen LogP contribution in [0.4, 0.5) is 0 Å². The lowest BCUT2D eigenvalue weighted by Crippen LogP contribution is -2.12. The Balaban J connectivity index is 3.04. The largest absolute Gasteiger partial charge is 0.338 e. The molecule has 0 bridgehead atoms. The lowest BCUT2D eigenvalue weighted by atomic mass is 10.1. The van der Waals surface area contributed by atoms with Gasteiger partial charge in [0.25, 0.3) is 0 Å². The van der Waals surface area contributed by atoms with Gasteiger partial charge in [-0.2, -0.15) is 0 Å². The molecule has 7 heteroatoms. The average molecular weight is 389 g/mol. The summed E-state index contributed by atoms with van der Waals surface area (Å²) in [7, 11) is -0.113. The Labute approximate surface area is 139 Å². The first-order chi connectivity index (χ1) is 8.42. The maximum Gasteiger partial charge on any atom is 0.338 e. The molecule has 0 aromatic carbocycles. The molecule has 0 nitrogen and oxygen atoms in total. The number of rotatable bonds is 12. The summed E-state index contributed by atoms with van der Waals surface area (Å²) >= 11 is 28.9. The molecule has 0 rings (SSSR count). The van der Waals surface area contributed by atoms with E-state index in [1.54, 1.807) is 0 Å². The molecule has 0 saturated carbocycles. The molecule has 18 heavy (non-hydrogen) atoms. The zero-order chi connectivity index (χ0) is 13.9. The van der Waals surface area contributed by atoms with Crippen molar-refractivity contribution in [2.75, 3.05) is 0 Å². The third-order valence-electron chi connectivity index (χ3n) is 2.88. The lowest BCUT2D eigenvalue weighted by Gasteiger charge is -2.06. The van der Waals surface area contributed by atoms with Crippen molar-refractivity contribution in [3.05, 3.63) is 0 Å². The summed E-state index contributed by atoms with van der Waals surface area (Å²) < 4.78 is 0. The normalized spacial score (nSPS) is 13.0. The zero-order valence-corrected chi connectivity index (χ0v) is 16.9. The Bertz CT molecular complexity index is 185. The monoisotopic (exact) mass is 386 g/mol. The van der Waals surface area contributed by atoms with E-state index in [4.69, 9.17) is 56.4 Å². The maximum absolute atomic E-state index is 5.85. The minimum absolute atomic E-state index is 0.113. The summed E-state index contributed by atoms with van der Waals surface area (Å²) in [6, 6.07) is -0.966. The van der Waals surface area contributed by atoms with Gasteiger partial charge >= 0.3 is 6.00 Å². The van der Waals surface area contributed by atoms with Crippen molar-refractivity contribution in [1.29, 1.82) is 0 Å². The van der Waals surface area contributed by atoms with Crippen molar-refractivity contribution in [2.45, 2.75) is 67.9 Å². The van der Waals surface area contributed by atoms with Gasteiger partial charge in [0.1, 0.15) is 4.84 Å². The molecule has 0 radical (unpaired) electrons. The summed E-state index contributed by atoms with van der Waals surface area (Å²) in [4.78, 5) is -0.184. The molecule has 0 aliphatic rings. The average Bonchev–Trinajstić information content (AvgIpc) is 2.24. The van der Waals surface area contributed by atoms with Gasteiger partial charge < -0.3 is 0 Å². The topological polar surface area (TPSA) is 0 Å². The van der Waals surface area contributed by atoms with Crippen LogP contribution in [-0.4, -0.2) is 20.4 Å². The molecule has 0 N–H and O–H groups in total. The number of halogens is 5. The third kappa shape index (κ3) is 17.9. The van der Waals surface area contributed by atoms with E-state index in [2.05, 4.69) is 0 Å². The second-order valence-electron chi connectivity index (χ2n) is 4.73. The third-order valence-corrected chi connectivity index (χ3v) is 13.1. The fraction of sp³-hybridized carbons (Fsp3) is 1.00. The van der Waals surface area contributed by atoms with Crippen molar-refractivity contribution < 1.29 is 0 Å². The second-order valence-corrected chi connectivity index (χ2v) is 18.2. The van der Waals surface area contributed by atoms with Crippen LogP contribution in [0.25, 0.3) is 0 Å². The molecule has 0 aromatic rings. The highest BCUT2D eigenvalue weighted by Gasteiger charge is 2.23. The van der Waals surface area contributed by atoms with Gasteiger partial charge in [-0.05, 0) is 12.1 Å². The van der Waals surface area contributed by atoms with E-state index in [9.17, 15) is 0 Å². The van der Waals surface area contributed by atoms with Gasteiger partial charge in [0.2, 0.25) is 0 Å². The van der Waals surface area contributed by atoms with Crippen LogP contribution in [0.2, 0.25) is 11.7 Å². The van der Waals surface area contributed by atoms with Crippen LogP contribution in [0.5, 0.6) is 0 Å². The first-order valence-electron chi connectivity index (χ1n) is 6.77. The fourth-order valence-electron chi connectivity index (χ4n) is 1.86. The molecule has 110 valence electrons. The number of hydrogen-bond donors (Lipinski definition) is 0. The number of unbranched alkanes of at least 4 members (excludes halogenated alkanes) is 6. The summed E-state index contributed by atoms with van der Waals surface area (Å²) in [5, 5.41) is 0. The first kappa shape index (κ1) is 19.9. The summed E-state index contributed by atoms with van der Waals surface area (Å²) in [6.45, 7) is 0. The van der Waals surface area contributed by atoms with Gasteiger partial charge in [-0.25, -0.2) is 0 Å². The maximum atomic E-state index is 5.85. The van der Waals surface area contributed by atoms with E-state index in [1.165, 1.54) is 44.6 Å². The SMILES string of the molecule is ClC(Cl)CCCCCCCCC[SiH2]C[Si](Cl)(Cl)Cl. The van der Waals surface area contributed by atoms with E-state index < -0.39 is 6.00 Å². The predicted molar refractivity (Wildman–Crippen MR) is 93.9 cm³/mol. The van der Waals surface area contributed by atoms with Crippen LogP contribution in [-0.2, 0) is 0 Å². The molecular formula is C11H23Cl5Si2. The highest BCUT2D eigenvalue weighted by Crippen LogP contribution is 2.24. The second kappa shape index (κ2) is 12.6. The summed E-state index contributed by atoms with van der Waals surface area (Å²) in [5.74, 6) is 0. The first-order valence-corrected chi connectivity index (χ1v) is 14.9. The van der Waals surface area contributed by atoms with E-state index in [-0.39, 0.29) is 14.4 Å².